The third kappa shape index (κ3) is 6.74. The van der Waals surface area contributed by atoms with E-state index in [1.807, 2.05) is 58.9 Å². The average molecular weight is 613 g/mol. The highest BCUT2D eigenvalue weighted by atomic mass is 16.5. The number of allylic oxidation sites excluding steroid dienone is 3. The zero-order valence-corrected chi connectivity index (χ0v) is 26.9. The number of H-pyrrole nitrogens is 2. The van der Waals surface area contributed by atoms with Crippen molar-refractivity contribution in [3.05, 3.63) is 85.5 Å². The van der Waals surface area contributed by atoms with Gasteiger partial charge in [0.15, 0.2) is 0 Å². The predicted molar refractivity (Wildman–Crippen MR) is 173 cm³/mol. The third-order valence-electron chi connectivity index (χ3n) is 8.56. The summed E-state index contributed by atoms with van der Waals surface area (Å²) in [6.45, 7) is 13.3. The maximum absolute atomic E-state index is 12.4. The Balaban J connectivity index is 1.91. The Morgan fingerprint density at radius 2 is 1.53 bits per heavy atom. The highest BCUT2D eigenvalue weighted by Gasteiger charge is 2.29. The van der Waals surface area contributed by atoms with Crippen LogP contribution in [0.3, 0.4) is 0 Å². The molecule has 0 unspecified atom stereocenters. The van der Waals surface area contributed by atoms with E-state index in [4.69, 9.17) is 9.47 Å². The van der Waals surface area contributed by atoms with Gasteiger partial charge >= 0.3 is 11.9 Å². The summed E-state index contributed by atoms with van der Waals surface area (Å²) < 4.78 is 9.81. The molecule has 2 amide bonds. The number of aromatic amines is 2. The van der Waals surface area contributed by atoms with Gasteiger partial charge in [0.25, 0.3) is 5.91 Å². The molecular weight excluding hydrogens is 572 g/mol. The monoisotopic (exact) mass is 612 g/mol. The summed E-state index contributed by atoms with van der Waals surface area (Å²) in [5.41, 5.74) is 8.63. The zero-order valence-electron chi connectivity index (χ0n) is 26.9. The first kappa shape index (κ1) is 32.9. The van der Waals surface area contributed by atoms with Crippen molar-refractivity contribution in [1.82, 2.24) is 15.3 Å². The second-order valence-electron chi connectivity index (χ2n) is 11.1. The van der Waals surface area contributed by atoms with Crippen LogP contribution < -0.4 is 16.0 Å². The molecular formula is C35H40N4O6. The van der Waals surface area contributed by atoms with E-state index >= 15 is 0 Å². The summed E-state index contributed by atoms with van der Waals surface area (Å²) in [7, 11) is 2.72. The first-order chi connectivity index (χ1) is 21.4. The van der Waals surface area contributed by atoms with E-state index in [-0.39, 0.29) is 42.5 Å². The van der Waals surface area contributed by atoms with Crippen LogP contribution in [-0.4, -0.2) is 53.7 Å². The van der Waals surface area contributed by atoms with Gasteiger partial charge in [-0.25, -0.2) is 4.99 Å². The van der Waals surface area contributed by atoms with E-state index < -0.39 is 0 Å². The number of nitrogens with one attached hydrogen (secondary N) is 3. The minimum atomic E-state index is -0.330. The predicted octanol–water partition coefficient (Wildman–Crippen LogP) is 3.32. The number of nitrogens with zero attached hydrogens (tertiary/aromatic N) is 1. The summed E-state index contributed by atoms with van der Waals surface area (Å²) in [4.78, 5) is 60.2. The number of hydrogen-bond acceptors (Lipinski definition) is 6. The number of carbonyl (C=O) groups excluding carboxylic acids is 4. The van der Waals surface area contributed by atoms with Gasteiger partial charge in [0.2, 0.25) is 5.91 Å². The molecule has 2 aliphatic heterocycles. The van der Waals surface area contributed by atoms with E-state index in [2.05, 4.69) is 26.9 Å². The van der Waals surface area contributed by atoms with Crippen molar-refractivity contribution in [2.24, 2.45) is 10.9 Å². The van der Waals surface area contributed by atoms with Crippen LogP contribution in [-0.2, 0) is 41.5 Å². The molecule has 2 aliphatic rings. The van der Waals surface area contributed by atoms with Crippen molar-refractivity contribution in [1.29, 1.82) is 0 Å². The number of aromatic nitrogens is 2. The molecule has 1 fully saturated rings. The van der Waals surface area contributed by atoms with Gasteiger partial charge in [-0.3, -0.25) is 19.2 Å². The summed E-state index contributed by atoms with van der Waals surface area (Å²) in [5, 5.41) is 4.48. The molecule has 0 aromatic carbocycles. The van der Waals surface area contributed by atoms with Crippen LogP contribution in [0.1, 0.15) is 67.3 Å². The van der Waals surface area contributed by atoms with Crippen LogP contribution in [0, 0.1) is 19.8 Å². The van der Waals surface area contributed by atoms with Crippen molar-refractivity contribution in [2.45, 2.75) is 60.3 Å². The molecule has 2 aromatic heterocycles. The lowest BCUT2D eigenvalue weighted by Gasteiger charge is -2.04. The lowest BCUT2D eigenvalue weighted by molar-refractivity contribution is -0.141. The minimum absolute atomic E-state index is 0.0593. The smallest absolute Gasteiger partial charge is 0.305 e. The van der Waals surface area contributed by atoms with Crippen LogP contribution in [0.4, 0.5) is 0 Å². The Morgan fingerprint density at radius 1 is 0.889 bits per heavy atom. The molecule has 10 nitrogen and oxygen atoms in total. The fourth-order valence-corrected chi connectivity index (χ4v) is 5.77. The summed E-state index contributed by atoms with van der Waals surface area (Å²) in [6, 6.07) is 0. The van der Waals surface area contributed by atoms with Gasteiger partial charge in [-0.15, -0.1) is 0 Å². The third-order valence-corrected chi connectivity index (χ3v) is 8.56. The number of methoxy groups -OCH3 is 2. The first-order valence-electron chi connectivity index (χ1n) is 14.9. The molecule has 0 spiro atoms. The Kier molecular flexibility index (Phi) is 10.1. The lowest BCUT2D eigenvalue weighted by Crippen LogP contribution is -2.16. The largest absolute Gasteiger partial charge is 0.469 e. The van der Waals surface area contributed by atoms with Gasteiger partial charge in [0.05, 0.1) is 25.8 Å². The van der Waals surface area contributed by atoms with Crippen LogP contribution >= 0.6 is 0 Å². The van der Waals surface area contributed by atoms with Gasteiger partial charge in [-0.2, -0.15) is 0 Å². The van der Waals surface area contributed by atoms with Gasteiger partial charge < -0.3 is 24.8 Å². The normalized spacial score (nSPS) is 19.2. The molecule has 3 N–H and O–H groups in total. The number of ether oxygens (including phenoxy) is 2. The van der Waals surface area contributed by atoms with Crippen molar-refractivity contribution in [3.8, 4) is 0 Å². The van der Waals surface area contributed by atoms with E-state index in [1.54, 1.807) is 0 Å². The highest BCUT2D eigenvalue weighted by Crippen LogP contribution is 2.29. The van der Waals surface area contributed by atoms with Crippen molar-refractivity contribution in [3.63, 3.8) is 0 Å². The van der Waals surface area contributed by atoms with Crippen LogP contribution in [0.15, 0.2) is 46.1 Å². The quantitative estimate of drug-likeness (QED) is 0.352. The molecule has 236 valence electrons. The van der Waals surface area contributed by atoms with E-state index in [0.29, 0.717) is 24.1 Å². The SMILES string of the molecule is C=CC1=C(C)C(/C=c2\[nH]/c(=C\c3[nH]c(/C=C4\NC(=O)[C@H](C)\C4=C/C)c(C)c3CCC(=O)OC)c(CCC(=O)OC)c2C)=NC1=O. The summed E-state index contributed by atoms with van der Waals surface area (Å²) >= 11 is 0. The van der Waals surface area contributed by atoms with Crippen LogP contribution in [0.2, 0.25) is 0 Å². The number of carbonyl (C=O) groups is 4. The maximum Gasteiger partial charge on any atom is 0.305 e. The average Bonchev–Trinajstić information content (AvgIpc) is 3.66. The van der Waals surface area contributed by atoms with Crippen molar-refractivity contribution < 1.29 is 28.7 Å². The molecule has 10 heteroatoms. The summed E-state index contributed by atoms with van der Waals surface area (Å²) in [5.74, 6) is -1.30. The molecule has 1 atom stereocenters. The summed E-state index contributed by atoms with van der Waals surface area (Å²) in [6.07, 6.45) is 10.4. The van der Waals surface area contributed by atoms with Crippen LogP contribution in [0.25, 0.3) is 18.2 Å². The first-order valence-corrected chi connectivity index (χ1v) is 14.9. The number of aliphatic imine (C=N–C) groups is 1. The van der Waals surface area contributed by atoms with Gasteiger partial charge in [0.1, 0.15) is 0 Å². The fraction of sp³-hybridized carbons (Fsp3) is 0.343. The second-order valence-corrected chi connectivity index (χ2v) is 11.1. The molecule has 1 saturated heterocycles. The van der Waals surface area contributed by atoms with Crippen molar-refractivity contribution >= 4 is 47.7 Å². The van der Waals surface area contributed by atoms with Crippen LogP contribution in [0.5, 0.6) is 0 Å². The minimum Gasteiger partial charge on any atom is -0.469 e. The molecule has 4 heterocycles. The number of amides is 2. The number of hydrogen-bond donors (Lipinski definition) is 3. The second kappa shape index (κ2) is 13.8. The van der Waals surface area contributed by atoms with Gasteiger partial charge in [-0.05, 0) is 99.1 Å². The van der Waals surface area contributed by atoms with Crippen molar-refractivity contribution in [2.75, 3.05) is 14.2 Å². The van der Waals surface area contributed by atoms with E-state index in [9.17, 15) is 19.2 Å². The highest BCUT2D eigenvalue weighted by molar-refractivity contribution is 6.31. The molecule has 0 bridgehead atoms. The standard InChI is InChI=1S/C35H40N4O6/c1-9-22-21(6)34(42)39-29(22)16-27-20(5)25(12-14-33(41)45-8)31(37-27)17-30-24(11-13-32(40)44-7)19(4)26(36-30)15-28-18(3)23(10-2)35(43)38-28/h9-10,15-17,21,36-37H,2,11-14H2,1,3-8H3,(H,39,42)/b22-9+,26-15-,29-16-,30-17-/t21-/m1/s1. The molecule has 0 saturated carbocycles. The van der Waals surface area contributed by atoms with E-state index in [1.165, 1.54) is 20.3 Å². The molecule has 2 aromatic rings. The van der Waals surface area contributed by atoms with E-state index in [0.717, 1.165) is 61.2 Å². The molecule has 4 rings (SSSR count). The molecule has 45 heavy (non-hydrogen) atoms. The Labute approximate surface area is 262 Å². The van der Waals surface area contributed by atoms with Gasteiger partial charge in [0, 0.05) is 46.2 Å². The Bertz CT molecular complexity index is 1840. The maximum atomic E-state index is 12.4. The number of rotatable bonds is 10. The molecule has 0 radical (unpaired) electrons. The van der Waals surface area contributed by atoms with Gasteiger partial charge in [-0.1, -0.05) is 18.7 Å². The topological polar surface area (TPSA) is 143 Å². The zero-order chi connectivity index (χ0) is 33.0. The molecule has 0 aliphatic carbocycles. The Hall–Kier alpha value is -4.99. The Morgan fingerprint density at radius 3 is 2.11 bits per heavy atom. The number of esters is 2. The fourth-order valence-electron chi connectivity index (χ4n) is 5.77. The lowest BCUT2D eigenvalue weighted by atomic mass is 10.00.